The Morgan fingerprint density at radius 3 is 2.41 bits per heavy atom. The molecule has 0 radical (unpaired) electrons. The first kappa shape index (κ1) is 22.5. The number of methoxy groups -OCH3 is 2. The molecule has 1 heterocycles. The van der Waals surface area contributed by atoms with Crippen molar-refractivity contribution in [1.82, 2.24) is 9.78 Å². The van der Waals surface area contributed by atoms with Crippen LogP contribution in [-0.2, 0) is 16.1 Å². The van der Waals surface area contributed by atoms with Gasteiger partial charge in [-0.05, 0) is 31.9 Å². The summed E-state index contributed by atoms with van der Waals surface area (Å²) in [6.45, 7) is 7.77. The number of hydrogen-bond donors (Lipinski definition) is 1. The van der Waals surface area contributed by atoms with E-state index < -0.39 is 18.0 Å². The molecule has 2 rings (SSSR count). The number of carbonyl (C=O) groups is 2. The molecular formula is C20H26ClN3O5. The van der Waals surface area contributed by atoms with Crippen molar-refractivity contribution in [2.24, 2.45) is 5.92 Å². The van der Waals surface area contributed by atoms with Crippen LogP contribution in [0.5, 0.6) is 11.5 Å². The summed E-state index contributed by atoms with van der Waals surface area (Å²) in [4.78, 5) is 25.0. The van der Waals surface area contributed by atoms with Crippen LogP contribution in [0.2, 0.25) is 5.15 Å². The number of rotatable bonds is 8. The standard InChI is InChI=1S/C20H26ClN3O5/c1-11(2)10-24-18(21)17(12(3)23-24)20(26)29-13(4)19(25)22-14-7-8-15(27-5)16(9-14)28-6/h7-9,11,13H,10H2,1-6H3,(H,22,25)/t13-/m1/s1. The minimum absolute atomic E-state index is 0.165. The molecule has 158 valence electrons. The second-order valence-electron chi connectivity index (χ2n) is 6.93. The molecule has 1 amide bonds. The molecule has 8 nitrogen and oxygen atoms in total. The number of aromatic nitrogens is 2. The fourth-order valence-corrected chi connectivity index (χ4v) is 3.00. The van der Waals surface area contributed by atoms with Gasteiger partial charge in [-0.2, -0.15) is 5.10 Å². The molecule has 29 heavy (non-hydrogen) atoms. The molecule has 0 saturated carbocycles. The molecule has 1 N–H and O–H groups in total. The van der Waals surface area contributed by atoms with Gasteiger partial charge in [0.25, 0.3) is 5.91 Å². The van der Waals surface area contributed by atoms with E-state index in [1.54, 1.807) is 29.8 Å². The average Bonchev–Trinajstić information content (AvgIpc) is 2.93. The maximum Gasteiger partial charge on any atom is 0.343 e. The van der Waals surface area contributed by atoms with Crippen molar-refractivity contribution in [2.75, 3.05) is 19.5 Å². The number of esters is 1. The van der Waals surface area contributed by atoms with Gasteiger partial charge in [0, 0.05) is 18.3 Å². The Bertz CT molecular complexity index is 894. The summed E-state index contributed by atoms with van der Waals surface area (Å²) in [5.41, 5.74) is 1.10. The van der Waals surface area contributed by atoms with Crippen molar-refractivity contribution >= 4 is 29.2 Å². The van der Waals surface area contributed by atoms with Crippen LogP contribution in [0.1, 0.15) is 36.8 Å². The summed E-state index contributed by atoms with van der Waals surface area (Å²) in [5.74, 6) is 0.122. The SMILES string of the molecule is COc1ccc(NC(=O)[C@@H](C)OC(=O)c2c(C)nn(CC(C)C)c2Cl)cc1OC. The lowest BCUT2D eigenvalue weighted by atomic mass is 10.2. The third kappa shape index (κ3) is 5.41. The van der Waals surface area contributed by atoms with Gasteiger partial charge < -0.3 is 19.5 Å². The molecule has 0 aliphatic rings. The van der Waals surface area contributed by atoms with Gasteiger partial charge in [0.1, 0.15) is 10.7 Å². The van der Waals surface area contributed by atoms with E-state index in [1.165, 1.54) is 21.1 Å². The summed E-state index contributed by atoms with van der Waals surface area (Å²) in [5, 5.41) is 7.17. The molecule has 0 spiro atoms. The predicted molar refractivity (Wildman–Crippen MR) is 110 cm³/mol. The van der Waals surface area contributed by atoms with Crippen molar-refractivity contribution in [1.29, 1.82) is 0 Å². The zero-order valence-electron chi connectivity index (χ0n) is 17.4. The van der Waals surface area contributed by atoms with Crippen LogP contribution in [0.15, 0.2) is 18.2 Å². The maximum absolute atomic E-state index is 12.6. The molecule has 0 unspecified atom stereocenters. The van der Waals surface area contributed by atoms with Crippen molar-refractivity contribution < 1.29 is 23.8 Å². The number of ether oxygens (including phenoxy) is 3. The van der Waals surface area contributed by atoms with Gasteiger partial charge in [-0.3, -0.25) is 9.48 Å². The van der Waals surface area contributed by atoms with E-state index in [9.17, 15) is 9.59 Å². The number of carbonyl (C=O) groups excluding carboxylic acids is 2. The highest BCUT2D eigenvalue weighted by molar-refractivity contribution is 6.32. The molecular weight excluding hydrogens is 398 g/mol. The van der Waals surface area contributed by atoms with Gasteiger partial charge in [-0.15, -0.1) is 0 Å². The van der Waals surface area contributed by atoms with E-state index in [1.807, 2.05) is 13.8 Å². The Labute approximate surface area is 175 Å². The van der Waals surface area contributed by atoms with Gasteiger partial charge in [-0.1, -0.05) is 25.4 Å². The predicted octanol–water partition coefficient (Wildman–Crippen LogP) is 3.70. The lowest BCUT2D eigenvalue weighted by Crippen LogP contribution is -2.30. The third-order valence-electron chi connectivity index (χ3n) is 4.11. The lowest BCUT2D eigenvalue weighted by molar-refractivity contribution is -0.123. The summed E-state index contributed by atoms with van der Waals surface area (Å²) < 4.78 is 17.2. The molecule has 0 fully saturated rings. The Morgan fingerprint density at radius 1 is 1.17 bits per heavy atom. The molecule has 1 aromatic heterocycles. The number of aryl methyl sites for hydroxylation is 1. The largest absolute Gasteiger partial charge is 0.493 e. The fraction of sp³-hybridized carbons (Fsp3) is 0.450. The van der Waals surface area contributed by atoms with Gasteiger partial charge in [0.15, 0.2) is 17.6 Å². The van der Waals surface area contributed by atoms with Crippen molar-refractivity contribution in [3.63, 3.8) is 0 Å². The number of anilines is 1. The first-order chi connectivity index (χ1) is 13.7. The molecule has 2 aromatic rings. The molecule has 1 aromatic carbocycles. The van der Waals surface area contributed by atoms with Crippen LogP contribution in [0.25, 0.3) is 0 Å². The van der Waals surface area contributed by atoms with Crippen molar-refractivity contribution in [3.05, 3.63) is 34.6 Å². The van der Waals surface area contributed by atoms with Crippen molar-refractivity contribution in [2.45, 2.75) is 40.3 Å². The second kappa shape index (κ2) is 9.65. The lowest BCUT2D eigenvalue weighted by Gasteiger charge is -2.15. The Balaban J connectivity index is 2.08. The van der Waals surface area contributed by atoms with Crippen LogP contribution in [-0.4, -0.2) is 42.0 Å². The van der Waals surface area contributed by atoms with E-state index in [2.05, 4.69) is 10.4 Å². The Kier molecular flexibility index (Phi) is 7.50. The van der Waals surface area contributed by atoms with Gasteiger partial charge in [-0.25, -0.2) is 4.79 Å². The molecule has 0 saturated heterocycles. The summed E-state index contributed by atoms with van der Waals surface area (Å²) >= 11 is 6.30. The smallest absolute Gasteiger partial charge is 0.343 e. The van der Waals surface area contributed by atoms with Gasteiger partial charge >= 0.3 is 5.97 Å². The molecule has 0 aliphatic heterocycles. The average molecular weight is 424 g/mol. The molecule has 9 heteroatoms. The minimum Gasteiger partial charge on any atom is -0.493 e. The fourth-order valence-electron chi connectivity index (χ4n) is 2.68. The van der Waals surface area contributed by atoms with Crippen molar-refractivity contribution in [3.8, 4) is 11.5 Å². The number of halogens is 1. The molecule has 0 aliphatic carbocycles. The maximum atomic E-state index is 12.6. The van der Waals surface area contributed by atoms with Gasteiger partial charge in [0.05, 0.1) is 19.9 Å². The first-order valence-electron chi connectivity index (χ1n) is 9.14. The van der Waals surface area contributed by atoms with E-state index in [-0.39, 0.29) is 10.7 Å². The summed E-state index contributed by atoms with van der Waals surface area (Å²) in [7, 11) is 3.02. The first-order valence-corrected chi connectivity index (χ1v) is 9.52. The van der Waals surface area contributed by atoms with Crippen LogP contribution in [0.4, 0.5) is 5.69 Å². The molecule has 0 bridgehead atoms. The second-order valence-corrected chi connectivity index (χ2v) is 7.29. The number of hydrogen-bond acceptors (Lipinski definition) is 6. The number of nitrogens with zero attached hydrogens (tertiary/aromatic N) is 2. The monoisotopic (exact) mass is 423 g/mol. The van der Waals surface area contributed by atoms with E-state index in [4.69, 9.17) is 25.8 Å². The van der Waals surface area contributed by atoms with E-state index in [0.717, 1.165) is 0 Å². The Morgan fingerprint density at radius 2 is 1.83 bits per heavy atom. The summed E-state index contributed by atoms with van der Waals surface area (Å²) in [6, 6.07) is 4.93. The Hall–Kier alpha value is -2.74. The van der Waals surface area contributed by atoms with E-state index in [0.29, 0.717) is 35.3 Å². The molecule has 1 atom stereocenters. The summed E-state index contributed by atoms with van der Waals surface area (Å²) in [6.07, 6.45) is -1.04. The normalized spacial score (nSPS) is 11.9. The van der Waals surface area contributed by atoms with Crippen LogP contribution >= 0.6 is 11.6 Å². The van der Waals surface area contributed by atoms with Gasteiger partial charge in [0.2, 0.25) is 0 Å². The van der Waals surface area contributed by atoms with Crippen LogP contribution in [0.3, 0.4) is 0 Å². The number of nitrogens with one attached hydrogen (secondary N) is 1. The topological polar surface area (TPSA) is 91.7 Å². The number of benzene rings is 1. The third-order valence-corrected chi connectivity index (χ3v) is 4.50. The van der Waals surface area contributed by atoms with E-state index >= 15 is 0 Å². The number of amides is 1. The van der Waals surface area contributed by atoms with Crippen LogP contribution in [0, 0.1) is 12.8 Å². The quantitative estimate of drug-likeness (QED) is 0.651. The van der Waals surface area contributed by atoms with Crippen LogP contribution < -0.4 is 14.8 Å². The highest BCUT2D eigenvalue weighted by Crippen LogP contribution is 2.30. The zero-order chi connectivity index (χ0) is 21.7. The minimum atomic E-state index is -1.04. The highest BCUT2D eigenvalue weighted by atomic mass is 35.5. The highest BCUT2D eigenvalue weighted by Gasteiger charge is 2.26. The zero-order valence-corrected chi connectivity index (χ0v) is 18.2.